The van der Waals surface area contributed by atoms with E-state index in [0.29, 0.717) is 5.69 Å². The number of halogens is 3. The van der Waals surface area contributed by atoms with Crippen molar-refractivity contribution in [2.75, 3.05) is 19.0 Å². The Morgan fingerprint density at radius 1 is 0.857 bits per heavy atom. The van der Waals surface area contributed by atoms with Crippen LogP contribution >= 0.6 is 0 Å². The van der Waals surface area contributed by atoms with E-state index < -0.39 is 47.8 Å². The van der Waals surface area contributed by atoms with Crippen LogP contribution in [0.4, 0.5) is 18.9 Å². The summed E-state index contributed by atoms with van der Waals surface area (Å²) in [5, 5.41) is 2.54. The highest BCUT2D eigenvalue weighted by molar-refractivity contribution is 6.01. The Morgan fingerprint density at radius 2 is 1.54 bits per heavy atom. The molecule has 0 radical (unpaired) electrons. The van der Waals surface area contributed by atoms with E-state index >= 15 is 0 Å². The second-order valence-corrected chi connectivity index (χ2v) is 7.25. The average molecular weight is 487 g/mol. The molecular formula is C25H20F3NO6. The smallest absolute Gasteiger partial charge is 0.338 e. The number of amides is 1. The van der Waals surface area contributed by atoms with Gasteiger partial charge in [-0.05, 0) is 67.6 Å². The van der Waals surface area contributed by atoms with Crippen molar-refractivity contribution < 1.29 is 41.8 Å². The number of ketones is 1. The Kier molecular flexibility index (Phi) is 8.08. The molecule has 3 aromatic carbocycles. The van der Waals surface area contributed by atoms with E-state index in [1.807, 2.05) is 0 Å². The van der Waals surface area contributed by atoms with Gasteiger partial charge in [-0.3, -0.25) is 9.59 Å². The summed E-state index contributed by atoms with van der Waals surface area (Å²) >= 11 is 0. The SMILES string of the molecule is COc1cc(C(=O)OC(C)C(=O)c2ccc(F)c(F)c2)ccc1OCC(=O)Nc1ccc(F)cc1. The van der Waals surface area contributed by atoms with Gasteiger partial charge < -0.3 is 19.5 Å². The summed E-state index contributed by atoms with van der Waals surface area (Å²) < 4.78 is 55.2. The number of hydrogen-bond donors (Lipinski definition) is 1. The molecule has 0 saturated carbocycles. The summed E-state index contributed by atoms with van der Waals surface area (Å²) in [6.07, 6.45) is -1.27. The van der Waals surface area contributed by atoms with Crippen molar-refractivity contribution in [2.45, 2.75) is 13.0 Å². The van der Waals surface area contributed by atoms with E-state index in [1.165, 1.54) is 56.5 Å². The molecule has 0 bridgehead atoms. The largest absolute Gasteiger partial charge is 0.493 e. The first-order valence-electron chi connectivity index (χ1n) is 10.2. The van der Waals surface area contributed by atoms with Crippen molar-refractivity contribution in [3.8, 4) is 11.5 Å². The second kappa shape index (κ2) is 11.2. The summed E-state index contributed by atoms with van der Waals surface area (Å²) in [4.78, 5) is 36.9. The Labute approximate surface area is 198 Å². The van der Waals surface area contributed by atoms with Crippen LogP contribution in [0.1, 0.15) is 27.6 Å². The zero-order chi connectivity index (χ0) is 25.5. The molecule has 0 aliphatic heterocycles. The molecule has 0 fully saturated rings. The van der Waals surface area contributed by atoms with Crippen molar-refractivity contribution in [3.63, 3.8) is 0 Å². The molecule has 0 aromatic heterocycles. The third-order valence-corrected chi connectivity index (χ3v) is 4.74. The normalized spacial score (nSPS) is 11.3. The van der Waals surface area contributed by atoms with Gasteiger partial charge in [-0.2, -0.15) is 0 Å². The van der Waals surface area contributed by atoms with Crippen LogP contribution in [0.3, 0.4) is 0 Å². The fraction of sp³-hybridized carbons (Fsp3) is 0.160. The van der Waals surface area contributed by atoms with Gasteiger partial charge in [0, 0.05) is 11.3 Å². The van der Waals surface area contributed by atoms with E-state index in [2.05, 4.69) is 5.32 Å². The lowest BCUT2D eigenvalue weighted by Crippen LogP contribution is -2.24. The molecule has 1 atom stereocenters. The molecule has 182 valence electrons. The lowest BCUT2D eigenvalue weighted by atomic mass is 10.1. The van der Waals surface area contributed by atoms with Crippen molar-refractivity contribution in [2.24, 2.45) is 0 Å². The molecule has 0 spiro atoms. The van der Waals surface area contributed by atoms with Gasteiger partial charge in [0.05, 0.1) is 12.7 Å². The zero-order valence-corrected chi connectivity index (χ0v) is 18.6. The maximum Gasteiger partial charge on any atom is 0.338 e. The van der Waals surface area contributed by atoms with Crippen LogP contribution in [-0.4, -0.2) is 37.5 Å². The predicted molar refractivity (Wildman–Crippen MR) is 119 cm³/mol. The van der Waals surface area contributed by atoms with Gasteiger partial charge in [-0.15, -0.1) is 0 Å². The van der Waals surface area contributed by atoms with E-state index in [4.69, 9.17) is 14.2 Å². The van der Waals surface area contributed by atoms with Crippen molar-refractivity contribution in [1.29, 1.82) is 0 Å². The van der Waals surface area contributed by atoms with Gasteiger partial charge in [0.2, 0.25) is 5.78 Å². The van der Waals surface area contributed by atoms with Gasteiger partial charge in [0.15, 0.2) is 35.8 Å². The fourth-order valence-corrected chi connectivity index (χ4v) is 2.95. The number of hydrogen-bond acceptors (Lipinski definition) is 6. The van der Waals surface area contributed by atoms with Crippen LogP contribution in [-0.2, 0) is 9.53 Å². The molecule has 0 saturated heterocycles. The number of Topliss-reactive ketones (excluding diaryl/α,β-unsaturated/α-hetero) is 1. The molecule has 0 heterocycles. The van der Waals surface area contributed by atoms with Crippen molar-refractivity contribution >= 4 is 23.3 Å². The number of methoxy groups -OCH3 is 1. The van der Waals surface area contributed by atoms with E-state index in [0.717, 1.165) is 18.2 Å². The molecule has 3 rings (SSSR count). The summed E-state index contributed by atoms with van der Waals surface area (Å²) in [6.45, 7) is 0.910. The minimum absolute atomic E-state index is 0.0231. The molecule has 0 aliphatic rings. The third-order valence-electron chi connectivity index (χ3n) is 4.74. The van der Waals surface area contributed by atoms with E-state index in [-0.39, 0.29) is 22.6 Å². The number of rotatable bonds is 9. The summed E-state index contributed by atoms with van der Waals surface area (Å²) in [7, 11) is 1.32. The highest BCUT2D eigenvalue weighted by atomic mass is 19.2. The zero-order valence-electron chi connectivity index (χ0n) is 18.6. The topological polar surface area (TPSA) is 90.9 Å². The lowest BCUT2D eigenvalue weighted by molar-refractivity contribution is -0.118. The van der Waals surface area contributed by atoms with E-state index in [1.54, 1.807) is 0 Å². The summed E-state index contributed by atoms with van der Waals surface area (Å²) in [6, 6.07) is 11.8. The second-order valence-electron chi connectivity index (χ2n) is 7.25. The monoisotopic (exact) mass is 487 g/mol. The van der Waals surface area contributed by atoms with Gasteiger partial charge in [-0.1, -0.05) is 0 Å². The van der Waals surface area contributed by atoms with Crippen LogP contribution in [0.25, 0.3) is 0 Å². The minimum atomic E-state index is -1.27. The van der Waals surface area contributed by atoms with Gasteiger partial charge in [0.1, 0.15) is 5.82 Å². The Balaban J connectivity index is 1.61. The molecule has 0 aliphatic carbocycles. The van der Waals surface area contributed by atoms with Gasteiger partial charge in [-0.25, -0.2) is 18.0 Å². The highest BCUT2D eigenvalue weighted by Gasteiger charge is 2.22. The Hall–Kier alpha value is -4.34. The first-order chi connectivity index (χ1) is 16.7. The molecule has 10 heteroatoms. The Morgan fingerprint density at radius 3 is 2.20 bits per heavy atom. The number of benzene rings is 3. The number of anilines is 1. The van der Waals surface area contributed by atoms with Crippen LogP contribution in [0.2, 0.25) is 0 Å². The van der Waals surface area contributed by atoms with Crippen molar-refractivity contribution in [1.82, 2.24) is 0 Å². The quantitative estimate of drug-likeness (QED) is 0.352. The number of esters is 1. The molecule has 7 nitrogen and oxygen atoms in total. The predicted octanol–water partition coefficient (Wildman–Crippen LogP) is 4.56. The molecule has 1 N–H and O–H groups in total. The number of nitrogens with one attached hydrogen (secondary N) is 1. The fourth-order valence-electron chi connectivity index (χ4n) is 2.95. The third kappa shape index (κ3) is 6.59. The van der Waals surface area contributed by atoms with Crippen LogP contribution < -0.4 is 14.8 Å². The molecule has 1 unspecified atom stereocenters. The number of carbonyl (C=O) groups excluding carboxylic acids is 3. The van der Waals surface area contributed by atoms with Gasteiger partial charge in [0.25, 0.3) is 5.91 Å². The van der Waals surface area contributed by atoms with Crippen LogP contribution in [0, 0.1) is 17.5 Å². The van der Waals surface area contributed by atoms with E-state index in [9.17, 15) is 27.6 Å². The molecule has 1 amide bonds. The maximum absolute atomic E-state index is 13.4. The highest BCUT2D eigenvalue weighted by Crippen LogP contribution is 2.28. The molecular weight excluding hydrogens is 467 g/mol. The average Bonchev–Trinajstić information content (AvgIpc) is 2.85. The minimum Gasteiger partial charge on any atom is -0.493 e. The maximum atomic E-state index is 13.4. The first kappa shape index (κ1) is 25.3. The lowest BCUT2D eigenvalue weighted by Gasteiger charge is -2.14. The number of ether oxygens (including phenoxy) is 3. The van der Waals surface area contributed by atoms with Crippen LogP contribution in [0.5, 0.6) is 11.5 Å². The summed E-state index contributed by atoms with van der Waals surface area (Å²) in [5.74, 6) is -4.55. The van der Waals surface area contributed by atoms with Gasteiger partial charge >= 0.3 is 5.97 Å². The Bertz CT molecular complexity index is 1250. The van der Waals surface area contributed by atoms with Crippen LogP contribution in [0.15, 0.2) is 60.7 Å². The standard InChI is InChI=1S/C25H20F3NO6/c1-14(24(31)15-3-9-19(27)20(28)11-15)35-25(32)16-4-10-21(22(12-16)33-2)34-13-23(30)29-18-7-5-17(26)6-8-18/h3-12,14H,13H2,1-2H3,(H,29,30). The molecule has 35 heavy (non-hydrogen) atoms. The van der Waals surface area contributed by atoms with Crippen molar-refractivity contribution in [3.05, 3.63) is 89.2 Å². The summed E-state index contributed by atoms with van der Waals surface area (Å²) in [5.41, 5.74) is 0.261. The number of carbonyl (C=O) groups is 3. The molecule has 3 aromatic rings. The first-order valence-corrected chi connectivity index (χ1v) is 10.2.